The van der Waals surface area contributed by atoms with Crippen molar-refractivity contribution in [2.24, 2.45) is 0 Å². The Labute approximate surface area is 102 Å². The molecule has 0 atom stereocenters. The van der Waals surface area contributed by atoms with Crippen LogP contribution >= 0.6 is 0 Å². The molecule has 0 aromatic carbocycles. The highest BCUT2D eigenvalue weighted by Gasteiger charge is 2.17. The van der Waals surface area contributed by atoms with E-state index in [4.69, 9.17) is 5.11 Å². The molecule has 0 aliphatic carbocycles. The number of hydrogen-bond acceptors (Lipinski definition) is 5. The van der Waals surface area contributed by atoms with E-state index < -0.39 is 0 Å². The van der Waals surface area contributed by atoms with Gasteiger partial charge in [0, 0.05) is 32.6 Å². The summed E-state index contributed by atoms with van der Waals surface area (Å²) in [5.41, 5.74) is 2.38. The van der Waals surface area contributed by atoms with Gasteiger partial charge in [0.25, 0.3) is 0 Å². The van der Waals surface area contributed by atoms with Crippen LogP contribution in [0, 0.1) is 0 Å². The zero-order valence-electron chi connectivity index (χ0n) is 10.6. The Bertz CT molecular complexity index is 383. The molecule has 0 saturated carbocycles. The molecule has 1 aromatic rings. The molecule has 5 nitrogen and oxygen atoms in total. The Kier molecular flexibility index (Phi) is 3.91. The highest BCUT2D eigenvalue weighted by Crippen LogP contribution is 2.19. The fourth-order valence-electron chi connectivity index (χ4n) is 2.17. The van der Waals surface area contributed by atoms with Gasteiger partial charge in [0.05, 0.1) is 12.3 Å². The van der Waals surface area contributed by atoms with Gasteiger partial charge in [-0.15, -0.1) is 5.10 Å². The number of likely N-dealkylation sites (N-methyl/N-ethyl adjacent to an activating group) is 2. The van der Waals surface area contributed by atoms with Crippen LogP contribution in [-0.4, -0.2) is 53.5 Å². The quantitative estimate of drug-likeness (QED) is 0.814. The van der Waals surface area contributed by atoms with Crippen molar-refractivity contribution < 1.29 is 5.11 Å². The molecule has 0 radical (unpaired) electrons. The van der Waals surface area contributed by atoms with Crippen molar-refractivity contribution in [3.05, 3.63) is 17.3 Å². The van der Waals surface area contributed by atoms with E-state index in [2.05, 4.69) is 35.1 Å². The maximum absolute atomic E-state index is 9.01. The minimum absolute atomic E-state index is 0.145. The Morgan fingerprint density at radius 2 is 2.29 bits per heavy atom. The summed E-state index contributed by atoms with van der Waals surface area (Å²) >= 11 is 0. The Morgan fingerprint density at radius 1 is 1.47 bits per heavy atom. The monoisotopic (exact) mass is 236 g/mol. The summed E-state index contributed by atoms with van der Waals surface area (Å²) in [6.07, 6.45) is 0.977. The zero-order chi connectivity index (χ0) is 12.3. The van der Waals surface area contributed by atoms with Crippen molar-refractivity contribution >= 4 is 5.82 Å². The summed E-state index contributed by atoms with van der Waals surface area (Å²) in [7, 11) is 2.12. The molecule has 0 unspecified atom stereocenters. The lowest BCUT2D eigenvalue weighted by Gasteiger charge is -2.26. The summed E-state index contributed by atoms with van der Waals surface area (Å²) in [5.74, 6) is 0.871. The fraction of sp³-hybridized carbons (Fsp3) is 0.667. The predicted molar refractivity (Wildman–Crippen MR) is 67.0 cm³/mol. The molecule has 0 amide bonds. The van der Waals surface area contributed by atoms with Gasteiger partial charge in [-0.1, -0.05) is 0 Å². The van der Waals surface area contributed by atoms with E-state index in [9.17, 15) is 0 Å². The van der Waals surface area contributed by atoms with E-state index in [1.807, 2.05) is 4.90 Å². The largest absolute Gasteiger partial charge is 0.395 e. The second-order valence-electron chi connectivity index (χ2n) is 4.47. The summed E-state index contributed by atoms with van der Waals surface area (Å²) in [4.78, 5) is 4.33. The lowest BCUT2D eigenvalue weighted by atomic mass is 10.1. The van der Waals surface area contributed by atoms with Crippen LogP contribution in [0.1, 0.15) is 18.2 Å². The van der Waals surface area contributed by atoms with Gasteiger partial charge in [-0.3, -0.25) is 0 Å². The summed E-state index contributed by atoms with van der Waals surface area (Å²) < 4.78 is 0. The molecule has 1 aliphatic heterocycles. The summed E-state index contributed by atoms with van der Waals surface area (Å²) in [5, 5.41) is 17.6. The second-order valence-corrected chi connectivity index (χ2v) is 4.47. The van der Waals surface area contributed by atoms with Gasteiger partial charge >= 0.3 is 0 Å². The average molecular weight is 236 g/mol. The average Bonchev–Trinajstić information content (AvgIpc) is 2.35. The summed E-state index contributed by atoms with van der Waals surface area (Å²) in [6, 6.07) is 2.11. The van der Waals surface area contributed by atoms with Crippen LogP contribution < -0.4 is 4.90 Å². The SMILES string of the molecule is CCN(CCO)c1cc2c(nn1)CCN(C)C2. The van der Waals surface area contributed by atoms with E-state index in [1.54, 1.807) is 0 Å². The number of fused-ring (bicyclic) bond motifs is 1. The molecule has 2 heterocycles. The standard InChI is InChI=1S/C12H20N4O/c1-3-16(6-7-17)12-8-10-9-15(2)5-4-11(10)13-14-12/h8,17H,3-7,9H2,1-2H3. The van der Waals surface area contributed by atoms with Gasteiger partial charge in [0.1, 0.15) is 0 Å². The van der Waals surface area contributed by atoms with Crippen molar-refractivity contribution in [2.45, 2.75) is 19.9 Å². The molecule has 0 fully saturated rings. The van der Waals surface area contributed by atoms with E-state index >= 15 is 0 Å². The van der Waals surface area contributed by atoms with Crippen LogP contribution in [0.2, 0.25) is 0 Å². The molecule has 17 heavy (non-hydrogen) atoms. The predicted octanol–water partition coefficient (Wildman–Crippen LogP) is 0.283. The van der Waals surface area contributed by atoms with Crippen molar-refractivity contribution in [1.82, 2.24) is 15.1 Å². The van der Waals surface area contributed by atoms with Gasteiger partial charge in [-0.05, 0) is 25.6 Å². The normalized spacial score (nSPS) is 15.7. The van der Waals surface area contributed by atoms with Gasteiger partial charge < -0.3 is 14.9 Å². The topological polar surface area (TPSA) is 52.5 Å². The lowest BCUT2D eigenvalue weighted by Crippen LogP contribution is -2.30. The van der Waals surface area contributed by atoms with Crippen molar-refractivity contribution in [3.8, 4) is 0 Å². The van der Waals surface area contributed by atoms with Gasteiger partial charge in [-0.2, -0.15) is 5.10 Å². The number of nitrogens with zero attached hydrogens (tertiary/aromatic N) is 4. The maximum Gasteiger partial charge on any atom is 0.151 e. The Balaban J connectivity index is 2.22. The minimum Gasteiger partial charge on any atom is -0.395 e. The third kappa shape index (κ3) is 2.73. The lowest BCUT2D eigenvalue weighted by molar-refractivity contribution is 0.301. The first-order valence-corrected chi connectivity index (χ1v) is 6.14. The highest BCUT2D eigenvalue weighted by molar-refractivity contribution is 5.41. The fourth-order valence-corrected chi connectivity index (χ4v) is 2.17. The van der Waals surface area contributed by atoms with Crippen LogP contribution in [0.15, 0.2) is 6.07 Å². The number of aliphatic hydroxyl groups is 1. The van der Waals surface area contributed by atoms with Crippen LogP contribution in [0.4, 0.5) is 5.82 Å². The molecule has 1 N–H and O–H groups in total. The maximum atomic E-state index is 9.01. The zero-order valence-corrected chi connectivity index (χ0v) is 10.6. The first-order valence-electron chi connectivity index (χ1n) is 6.14. The van der Waals surface area contributed by atoms with E-state index in [0.29, 0.717) is 6.54 Å². The molecule has 0 saturated heterocycles. The van der Waals surface area contributed by atoms with E-state index in [-0.39, 0.29) is 6.61 Å². The molecule has 0 spiro atoms. The minimum atomic E-state index is 0.145. The second kappa shape index (κ2) is 5.42. The first-order chi connectivity index (χ1) is 8.24. The van der Waals surface area contributed by atoms with Gasteiger partial charge in [0.15, 0.2) is 5.82 Å². The number of anilines is 1. The smallest absolute Gasteiger partial charge is 0.151 e. The van der Waals surface area contributed by atoms with Gasteiger partial charge in [0.2, 0.25) is 0 Å². The number of hydrogen-bond donors (Lipinski definition) is 1. The third-order valence-electron chi connectivity index (χ3n) is 3.19. The molecule has 0 bridgehead atoms. The van der Waals surface area contributed by atoms with Crippen molar-refractivity contribution in [3.63, 3.8) is 0 Å². The number of aliphatic hydroxyl groups excluding tert-OH is 1. The van der Waals surface area contributed by atoms with E-state index in [0.717, 1.165) is 37.6 Å². The van der Waals surface area contributed by atoms with Crippen LogP contribution in [-0.2, 0) is 13.0 Å². The molecular formula is C12H20N4O. The molecule has 1 aliphatic rings. The first kappa shape index (κ1) is 12.3. The number of aromatic nitrogens is 2. The summed E-state index contributed by atoms with van der Waals surface area (Å²) in [6.45, 7) is 5.64. The highest BCUT2D eigenvalue weighted by atomic mass is 16.3. The molecule has 5 heteroatoms. The molecule has 1 aromatic heterocycles. The van der Waals surface area contributed by atoms with E-state index in [1.165, 1.54) is 5.56 Å². The Hall–Kier alpha value is -1.20. The Morgan fingerprint density at radius 3 is 3.00 bits per heavy atom. The van der Waals surface area contributed by atoms with Crippen LogP contribution in [0.3, 0.4) is 0 Å². The molecular weight excluding hydrogens is 216 g/mol. The molecule has 94 valence electrons. The van der Waals surface area contributed by atoms with Crippen molar-refractivity contribution in [2.75, 3.05) is 38.2 Å². The third-order valence-corrected chi connectivity index (χ3v) is 3.19. The van der Waals surface area contributed by atoms with Gasteiger partial charge in [-0.25, -0.2) is 0 Å². The van der Waals surface area contributed by atoms with Crippen LogP contribution in [0.25, 0.3) is 0 Å². The number of rotatable bonds is 4. The van der Waals surface area contributed by atoms with Crippen molar-refractivity contribution in [1.29, 1.82) is 0 Å². The molecule has 2 rings (SSSR count). The van der Waals surface area contributed by atoms with Crippen LogP contribution in [0.5, 0.6) is 0 Å².